The van der Waals surface area contributed by atoms with Crippen LogP contribution in [-0.4, -0.2) is 18.2 Å². The van der Waals surface area contributed by atoms with E-state index in [0.717, 1.165) is 6.07 Å². The molecule has 2 aromatic rings. The highest BCUT2D eigenvalue weighted by Crippen LogP contribution is 2.36. The molecule has 0 aromatic heterocycles. The minimum Gasteiger partial charge on any atom is -0.493 e. The molecule has 0 aliphatic heterocycles. The number of rotatable bonds is 4. The Kier molecular flexibility index (Phi) is 3.84. The van der Waals surface area contributed by atoms with Gasteiger partial charge in [-0.05, 0) is 24.3 Å². The Morgan fingerprint density at radius 2 is 1.80 bits per heavy atom. The summed E-state index contributed by atoms with van der Waals surface area (Å²) in [5.74, 6) is -4.25. The van der Waals surface area contributed by atoms with Gasteiger partial charge in [0.15, 0.2) is 11.6 Å². The minimum absolute atomic E-state index is 0.0379. The fourth-order valence-electron chi connectivity index (χ4n) is 1.61. The average molecular weight is 280 g/mol. The quantitative estimate of drug-likeness (QED) is 0.931. The van der Waals surface area contributed by atoms with E-state index in [1.807, 2.05) is 0 Å². The van der Waals surface area contributed by atoms with Gasteiger partial charge in [0.2, 0.25) is 11.6 Å². The summed E-state index contributed by atoms with van der Waals surface area (Å²) >= 11 is 0. The Hall–Kier alpha value is -2.63. The molecule has 0 bridgehead atoms. The van der Waals surface area contributed by atoms with E-state index in [0.29, 0.717) is 0 Å². The van der Waals surface area contributed by atoms with Gasteiger partial charge >= 0.3 is 5.97 Å². The van der Waals surface area contributed by atoms with Gasteiger partial charge in [0.25, 0.3) is 0 Å². The number of methoxy groups -OCH3 is 1. The third-order valence-corrected chi connectivity index (χ3v) is 2.56. The first-order valence-corrected chi connectivity index (χ1v) is 5.56. The van der Waals surface area contributed by atoms with Crippen LogP contribution in [0.3, 0.4) is 0 Å². The maximum absolute atomic E-state index is 13.7. The predicted octanol–water partition coefficient (Wildman–Crippen LogP) is 3.46. The number of carbonyl (C=O) groups is 1. The summed E-state index contributed by atoms with van der Waals surface area (Å²) in [5.41, 5.74) is -0.168. The number of carboxylic acids is 1. The zero-order valence-electron chi connectivity index (χ0n) is 10.4. The van der Waals surface area contributed by atoms with E-state index >= 15 is 0 Å². The number of carboxylic acid groups (broad SMARTS) is 1. The van der Waals surface area contributed by atoms with Gasteiger partial charge in [0.1, 0.15) is 11.3 Å². The molecule has 0 unspecified atom stereocenters. The molecule has 2 rings (SSSR count). The number of aromatic carboxylic acids is 1. The van der Waals surface area contributed by atoms with Crippen LogP contribution in [0.5, 0.6) is 17.2 Å². The lowest BCUT2D eigenvalue weighted by Gasteiger charge is -2.12. The standard InChI is InChI=1S/C14H10F2O4/c1-19-11-7-6-9(15)12(16)13(11)20-10-5-3-2-4-8(10)14(17)18/h2-7H,1H3,(H,17,18). The van der Waals surface area contributed by atoms with Gasteiger partial charge in [-0.2, -0.15) is 4.39 Å². The molecule has 0 amide bonds. The molecule has 0 spiro atoms. The van der Waals surface area contributed by atoms with Crippen molar-refractivity contribution in [3.63, 3.8) is 0 Å². The molecule has 6 heteroatoms. The highest BCUT2D eigenvalue weighted by Gasteiger charge is 2.19. The summed E-state index contributed by atoms with van der Waals surface area (Å²) in [4.78, 5) is 11.0. The Balaban J connectivity index is 2.50. The first-order valence-electron chi connectivity index (χ1n) is 5.56. The van der Waals surface area contributed by atoms with Crippen LogP contribution >= 0.6 is 0 Å². The van der Waals surface area contributed by atoms with Crippen LogP contribution in [0.2, 0.25) is 0 Å². The van der Waals surface area contributed by atoms with E-state index in [4.69, 9.17) is 14.6 Å². The second-order valence-electron chi connectivity index (χ2n) is 3.80. The molecule has 1 N–H and O–H groups in total. The minimum atomic E-state index is -1.25. The van der Waals surface area contributed by atoms with E-state index < -0.39 is 23.4 Å². The zero-order valence-corrected chi connectivity index (χ0v) is 10.4. The van der Waals surface area contributed by atoms with Crippen molar-refractivity contribution < 1.29 is 28.2 Å². The molecule has 0 fully saturated rings. The number of ether oxygens (including phenoxy) is 2. The normalized spacial score (nSPS) is 10.2. The average Bonchev–Trinajstić information content (AvgIpc) is 2.44. The monoisotopic (exact) mass is 280 g/mol. The highest BCUT2D eigenvalue weighted by molar-refractivity contribution is 5.90. The molecule has 0 atom stereocenters. The van der Waals surface area contributed by atoms with Crippen LogP contribution in [0, 0.1) is 11.6 Å². The number of para-hydroxylation sites is 1. The first kappa shape index (κ1) is 13.8. The molecule has 20 heavy (non-hydrogen) atoms. The van der Waals surface area contributed by atoms with Gasteiger partial charge in [-0.25, -0.2) is 9.18 Å². The second kappa shape index (κ2) is 5.56. The molecule has 0 saturated heterocycles. The topological polar surface area (TPSA) is 55.8 Å². The summed E-state index contributed by atoms with van der Waals surface area (Å²) in [5, 5.41) is 9.01. The van der Waals surface area contributed by atoms with Crippen molar-refractivity contribution >= 4 is 5.97 Å². The van der Waals surface area contributed by atoms with Crippen LogP contribution in [0.25, 0.3) is 0 Å². The smallest absolute Gasteiger partial charge is 0.339 e. The van der Waals surface area contributed by atoms with Crippen molar-refractivity contribution in [1.82, 2.24) is 0 Å². The Morgan fingerprint density at radius 3 is 2.45 bits per heavy atom. The van der Waals surface area contributed by atoms with Gasteiger partial charge < -0.3 is 14.6 Å². The summed E-state index contributed by atoms with van der Waals surface area (Å²) < 4.78 is 37.0. The predicted molar refractivity (Wildman–Crippen MR) is 66.4 cm³/mol. The highest BCUT2D eigenvalue weighted by atomic mass is 19.2. The zero-order chi connectivity index (χ0) is 14.7. The third-order valence-electron chi connectivity index (χ3n) is 2.56. The fourth-order valence-corrected chi connectivity index (χ4v) is 1.61. The maximum atomic E-state index is 13.7. The van der Waals surface area contributed by atoms with Gasteiger partial charge in [0, 0.05) is 0 Å². The molecule has 0 aliphatic carbocycles. The lowest BCUT2D eigenvalue weighted by molar-refractivity contribution is 0.0694. The van der Waals surface area contributed by atoms with Crippen molar-refractivity contribution in [1.29, 1.82) is 0 Å². The summed E-state index contributed by atoms with van der Waals surface area (Å²) in [6.45, 7) is 0. The van der Waals surface area contributed by atoms with Crippen LogP contribution in [0.1, 0.15) is 10.4 Å². The van der Waals surface area contributed by atoms with Gasteiger partial charge in [-0.1, -0.05) is 12.1 Å². The Bertz CT molecular complexity index is 656. The molecule has 0 aliphatic rings. The lowest BCUT2D eigenvalue weighted by atomic mass is 10.2. The van der Waals surface area contributed by atoms with Crippen LogP contribution in [0.4, 0.5) is 8.78 Å². The van der Waals surface area contributed by atoms with Gasteiger partial charge in [-0.15, -0.1) is 0 Å². The SMILES string of the molecule is COc1ccc(F)c(F)c1Oc1ccccc1C(=O)O. The van der Waals surface area contributed by atoms with Gasteiger partial charge in [0.05, 0.1) is 7.11 Å². The molecule has 0 saturated carbocycles. The van der Waals surface area contributed by atoms with Crippen molar-refractivity contribution in [2.24, 2.45) is 0 Å². The van der Waals surface area contributed by atoms with Crippen molar-refractivity contribution in [3.8, 4) is 17.2 Å². The molecule has 104 valence electrons. The summed E-state index contributed by atoms with van der Waals surface area (Å²) in [6, 6.07) is 7.73. The third kappa shape index (κ3) is 2.54. The number of hydrogen-bond acceptors (Lipinski definition) is 3. The number of halogens is 2. The summed E-state index contributed by atoms with van der Waals surface area (Å²) in [6.07, 6.45) is 0. The largest absolute Gasteiger partial charge is 0.493 e. The van der Waals surface area contributed by atoms with Crippen molar-refractivity contribution in [2.75, 3.05) is 7.11 Å². The number of benzene rings is 2. The summed E-state index contributed by atoms with van der Waals surface area (Å²) in [7, 11) is 1.27. The lowest BCUT2D eigenvalue weighted by Crippen LogP contribution is -2.02. The molecule has 4 nitrogen and oxygen atoms in total. The van der Waals surface area contributed by atoms with Crippen molar-refractivity contribution in [2.45, 2.75) is 0 Å². The molecule has 0 heterocycles. The van der Waals surface area contributed by atoms with Crippen LogP contribution < -0.4 is 9.47 Å². The molecule has 2 aromatic carbocycles. The molecular formula is C14H10F2O4. The van der Waals surface area contributed by atoms with Crippen LogP contribution in [0.15, 0.2) is 36.4 Å². The molecule has 0 radical (unpaired) electrons. The van der Waals surface area contributed by atoms with E-state index in [2.05, 4.69) is 0 Å². The first-order chi connectivity index (χ1) is 9.54. The second-order valence-corrected chi connectivity index (χ2v) is 3.80. The van der Waals surface area contributed by atoms with E-state index in [9.17, 15) is 13.6 Å². The number of hydrogen-bond donors (Lipinski definition) is 1. The Morgan fingerprint density at radius 1 is 1.10 bits per heavy atom. The maximum Gasteiger partial charge on any atom is 0.339 e. The van der Waals surface area contributed by atoms with E-state index in [1.165, 1.54) is 37.4 Å². The van der Waals surface area contributed by atoms with Gasteiger partial charge in [-0.3, -0.25) is 0 Å². The van der Waals surface area contributed by atoms with Crippen LogP contribution in [-0.2, 0) is 0 Å². The fraction of sp³-hybridized carbons (Fsp3) is 0.0714. The Labute approximate surface area is 113 Å². The van der Waals surface area contributed by atoms with Crippen molar-refractivity contribution in [3.05, 3.63) is 53.6 Å². The van der Waals surface area contributed by atoms with E-state index in [-0.39, 0.29) is 17.1 Å². The van der Waals surface area contributed by atoms with E-state index in [1.54, 1.807) is 0 Å². The molecular weight excluding hydrogens is 270 g/mol.